The molecule has 1 aliphatic heterocycles. The third kappa shape index (κ3) is 4.82. The van der Waals surface area contributed by atoms with Gasteiger partial charge in [-0.25, -0.2) is 0 Å². The largest absolute Gasteiger partial charge is 0.387 e. The lowest BCUT2D eigenvalue weighted by atomic mass is 10.0. The third-order valence-corrected chi connectivity index (χ3v) is 4.15. The van der Waals surface area contributed by atoms with E-state index in [0.717, 1.165) is 31.5 Å². The molecule has 1 aliphatic rings. The molecule has 114 valence electrons. The number of aliphatic hydroxyl groups excluding tert-OH is 1. The summed E-state index contributed by atoms with van der Waals surface area (Å²) < 4.78 is 0. The molecule has 1 heterocycles. The predicted octanol–water partition coefficient (Wildman–Crippen LogP) is 2.06. The minimum absolute atomic E-state index is 0.506. The van der Waals surface area contributed by atoms with Gasteiger partial charge in [-0.15, -0.1) is 0 Å². The molecule has 21 heavy (non-hydrogen) atoms. The molecule has 0 aromatic heterocycles. The number of rotatable bonds is 6. The fraction of sp³-hybridized carbons (Fsp3) is 0.588. The molecule has 4 heteroatoms. The van der Waals surface area contributed by atoms with E-state index < -0.39 is 6.10 Å². The molecule has 1 unspecified atom stereocenters. The summed E-state index contributed by atoms with van der Waals surface area (Å²) in [7, 11) is 0. The van der Waals surface area contributed by atoms with Crippen molar-refractivity contribution in [1.82, 2.24) is 10.2 Å². The molecule has 0 saturated carbocycles. The van der Waals surface area contributed by atoms with E-state index in [-0.39, 0.29) is 0 Å². The van der Waals surface area contributed by atoms with Crippen molar-refractivity contribution >= 4 is 0 Å². The number of benzene rings is 1. The molecule has 0 spiro atoms. The summed E-state index contributed by atoms with van der Waals surface area (Å²) in [5.41, 5.74) is 1.49. The highest BCUT2D eigenvalue weighted by Gasteiger charge is 2.19. The van der Waals surface area contributed by atoms with Gasteiger partial charge in [-0.05, 0) is 56.6 Å². The van der Waals surface area contributed by atoms with Gasteiger partial charge in [0.05, 0.1) is 17.7 Å². The van der Waals surface area contributed by atoms with Gasteiger partial charge in [0.25, 0.3) is 0 Å². The number of nitrogens with one attached hydrogen (secondary N) is 1. The van der Waals surface area contributed by atoms with Crippen LogP contribution in [-0.4, -0.2) is 42.2 Å². The van der Waals surface area contributed by atoms with Gasteiger partial charge >= 0.3 is 0 Å². The Labute approximate surface area is 127 Å². The van der Waals surface area contributed by atoms with Gasteiger partial charge in [0, 0.05) is 12.6 Å². The number of hydrogen-bond acceptors (Lipinski definition) is 4. The van der Waals surface area contributed by atoms with Crippen molar-refractivity contribution in [3.8, 4) is 6.07 Å². The Morgan fingerprint density at radius 3 is 2.57 bits per heavy atom. The summed E-state index contributed by atoms with van der Waals surface area (Å²) in [6, 6.07) is 9.75. The van der Waals surface area contributed by atoms with Crippen molar-refractivity contribution in [2.24, 2.45) is 0 Å². The van der Waals surface area contributed by atoms with Crippen LogP contribution in [0.1, 0.15) is 43.4 Å². The molecule has 2 rings (SSSR count). The number of likely N-dealkylation sites (tertiary alicyclic amines) is 1. The molecule has 2 N–H and O–H groups in total. The van der Waals surface area contributed by atoms with Gasteiger partial charge in [-0.1, -0.05) is 19.1 Å². The maximum absolute atomic E-state index is 10.2. The molecule has 0 radical (unpaired) electrons. The van der Waals surface area contributed by atoms with Gasteiger partial charge in [-0.2, -0.15) is 5.26 Å². The number of nitrogens with zero attached hydrogens (tertiary/aromatic N) is 2. The summed E-state index contributed by atoms with van der Waals surface area (Å²) >= 11 is 0. The van der Waals surface area contributed by atoms with Crippen molar-refractivity contribution in [2.75, 3.05) is 26.2 Å². The van der Waals surface area contributed by atoms with Crippen LogP contribution in [0.2, 0.25) is 0 Å². The molecule has 0 amide bonds. The molecule has 1 fully saturated rings. The zero-order chi connectivity index (χ0) is 15.1. The molecule has 4 nitrogen and oxygen atoms in total. The maximum Gasteiger partial charge on any atom is 0.0991 e. The molecule has 1 saturated heterocycles. The van der Waals surface area contributed by atoms with Crippen LogP contribution in [0.3, 0.4) is 0 Å². The van der Waals surface area contributed by atoms with Crippen molar-refractivity contribution in [3.05, 3.63) is 35.4 Å². The molecule has 1 aromatic rings. The van der Waals surface area contributed by atoms with Crippen LogP contribution in [0, 0.1) is 11.3 Å². The summed E-state index contributed by atoms with van der Waals surface area (Å²) in [4.78, 5) is 2.51. The Kier molecular flexibility index (Phi) is 6.19. The summed E-state index contributed by atoms with van der Waals surface area (Å²) in [6.07, 6.45) is 3.02. The van der Waals surface area contributed by atoms with E-state index in [9.17, 15) is 5.11 Å². The smallest absolute Gasteiger partial charge is 0.0991 e. The number of hydrogen-bond donors (Lipinski definition) is 2. The molecular weight excluding hydrogens is 262 g/mol. The first-order valence-corrected chi connectivity index (χ1v) is 7.86. The van der Waals surface area contributed by atoms with E-state index in [1.165, 1.54) is 13.0 Å². The van der Waals surface area contributed by atoms with Gasteiger partial charge in [-0.3, -0.25) is 0 Å². The first kappa shape index (κ1) is 16.0. The second-order valence-electron chi connectivity index (χ2n) is 5.77. The first-order chi connectivity index (χ1) is 10.2. The minimum atomic E-state index is -0.508. The van der Waals surface area contributed by atoms with Gasteiger partial charge in [0.2, 0.25) is 0 Å². The molecule has 1 atom stereocenters. The number of nitriles is 1. The number of piperidine rings is 1. The van der Waals surface area contributed by atoms with E-state index in [2.05, 4.69) is 23.2 Å². The Balaban J connectivity index is 1.74. The lowest BCUT2D eigenvalue weighted by Crippen LogP contribution is -2.43. The normalized spacial score (nSPS) is 18.3. The van der Waals surface area contributed by atoms with Crippen LogP contribution in [0.5, 0.6) is 0 Å². The fourth-order valence-electron chi connectivity index (χ4n) is 2.85. The summed E-state index contributed by atoms with van der Waals surface area (Å²) in [5.74, 6) is 0. The zero-order valence-electron chi connectivity index (χ0n) is 12.8. The van der Waals surface area contributed by atoms with Gasteiger partial charge in [0.15, 0.2) is 0 Å². The van der Waals surface area contributed by atoms with Crippen molar-refractivity contribution in [2.45, 2.75) is 38.3 Å². The van der Waals surface area contributed by atoms with E-state index in [1.54, 1.807) is 12.1 Å². The summed E-state index contributed by atoms with van der Waals surface area (Å²) in [6.45, 7) is 6.29. The van der Waals surface area contributed by atoms with Crippen molar-refractivity contribution < 1.29 is 5.11 Å². The predicted molar refractivity (Wildman–Crippen MR) is 83.9 cm³/mol. The highest BCUT2D eigenvalue weighted by Crippen LogP contribution is 2.15. The molecular formula is C17H25N3O. The molecule has 0 bridgehead atoms. The molecule has 1 aromatic carbocycles. The Hall–Kier alpha value is -1.41. The van der Waals surface area contributed by atoms with Crippen LogP contribution < -0.4 is 5.32 Å². The Morgan fingerprint density at radius 2 is 2.00 bits per heavy atom. The highest BCUT2D eigenvalue weighted by atomic mass is 16.3. The van der Waals surface area contributed by atoms with Crippen LogP contribution in [0.15, 0.2) is 24.3 Å². The standard InChI is InChI=1S/C17H25N3O/c1-2-9-20-10-7-16(8-11-20)19-13-17(21)15-5-3-14(12-18)4-6-15/h3-6,16-17,19,21H,2,7-11,13H2,1H3. The SMILES string of the molecule is CCCN1CCC(NCC(O)c2ccc(C#N)cc2)CC1. The van der Waals surface area contributed by atoms with Crippen LogP contribution in [0.25, 0.3) is 0 Å². The zero-order valence-corrected chi connectivity index (χ0v) is 12.8. The monoisotopic (exact) mass is 287 g/mol. The number of aliphatic hydroxyl groups is 1. The van der Waals surface area contributed by atoms with E-state index in [4.69, 9.17) is 5.26 Å². The van der Waals surface area contributed by atoms with Gasteiger partial charge in [0.1, 0.15) is 0 Å². The quantitative estimate of drug-likeness (QED) is 0.841. The van der Waals surface area contributed by atoms with Crippen molar-refractivity contribution in [3.63, 3.8) is 0 Å². The lowest BCUT2D eigenvalue weighted by Gasteiger charge is -2.32. The van der Waals surface area contributed by atoms with Crippen LogP contribution in [-0.2, 0) is 0 Å². The Bertz CT molecular complexity index is 458. The van der Waals surface area contributed by atoms with Crippen LogP contribution in [0.4, 0.5) is 0 Å². The lowest BCUT2D eigenvalue weighted by molar-refractivity contribution is 0.151. The van der Waals surface area contributed by atoms with E-state index >= 15 is 0 Å². The second-order valence-corrected chi connectivity index (χ2v) is 5.77. The van der Waals surface area contributed by atoms with E-state index in [1.807, 2.05) is 12.1 Å². The molecule has 0 aliphatic carbocycles. The average Bonchev–Trinajstić information content (AvgIpc) is 2.54. The van der Waals surface area contributed by atoms with Crippen molar-refractivity contribution in [1.29, 1.82) is 5.26 Å². The van der Waals surface area contributed by atoms with E-state index in [0.29, 0.717) is 18.2 Å². The van der Waals surface area contributed by atoms with Gasteiger partial charge < -0.3 is 15.3 Å². The minimum Gasteiger partial charge on any atom is -0.387 e. The second kappa shape index (κ2) is 8.14. The average molecular weight is 287 g/mol. The highest BCUT2D eigenvalue weighted by molar-refractivity contribution is 5.32. The van der Waals surface area contributed by atoms with Crippen LogP contribution >= 0.6 is 0 Å². The fourth-order valence-corrected chi connectivity index (χ4v) is 2.85. The Morgan fingerprint density at radius 1 is 1.33 bits per heavy atom. The summed E-state index contributed by atoms with van der Waals surface area (Å²) in [5, 5.41) is 22.4. The first-order valence-electron chi connectivity index (χ1n) is 7.86. The third-order valence-electron chi connectivity index (χ3n) is 4.15. The topological polar surface area (TPSA) is 59.3 Å². The maximum atomic E-state index is 10.2.